The standard InChI is InChI=1S/C19H28N2O3/c22-16-11-9-15(10-12-16)21-19(23)20-13-14-5-1-4-8-18(14)24-17-6-2-3-7-17/h1,4-5,8,15-17,22H,2-3,6-7,9-13H2,(H2,20,21,23). The minimum absolute atomic E-state index is 0.146. The molecule has 2 fully saturated rings. The molecule has 1 aromatic carbocycles. The molecule has 0 radical (unpaired) electrons. The van der Waals surface area contributed by atoms with Crippen LogP contribution in [-0.4, -0.2) is 29.4 Å². The molecule has 0 unspecified atom stereocenters. The predicted octanol–water partition coefficient (Wildman–Crippen LogP) is 3.11. The van der Waals surface area contributed by atoms with Crippen molar-refractivity contribution < 1.29 is 14.6 Å². The van der Waals surface area contributed by atoms with Gasteiger partial charge in [-0.15, -0.1) is 0 Å². The summed E-state index contributed by atoms with van der Waals surface area (Å²) in [6, 6.07) is 7.95. The zero-order valence-corrected chi connectivity index (χ0v) is 14.2. The number of amides is 2. The number of aliphatic hydroxyl groups is 1. The van der Waals surface area contributed by atoms with Crippen molar-refractivity contribution in [1.29, 1.82) is 0 Å². The summed E-state index contributed by atoms with van der Waals surface area (Å²) in [6.45, 7) is 0.462. The van der Waals surface area contributed by atoms with Crippen LogP contribution in [0.2, 0.25) is 0 Å². The van der Waals surface area contributed by atoms with Crippen molar-refractivity contribution >= 4 is 6.03 Å². The van der Waals surface area contributed by atoms with E-state index in [0.717, 1.165) is 49.8 Å². The van der Waals surface area contributed by atoms with Crippen LogP contribution in [0, 0.1) is 0 Å². The third kappa shape index (κ3) is 4.87. The molecule has 0 saturated heterocycles. The molecule has 2 saturated carbocycles. The van der Waals surface area contributed by atoms with E-state index < -0.39 is 0 Å². The highest BCUT2D eigenvalue weighted by atomic mass is 16.5. The Morgan fingerprint density at radius 3 is 2.54 bits per heavy atom. The second kappa shape index (κ2) is 8.38. The molecular weight excluding hydrogens is 304 g/mol. The fraction of sp³-hybridized carbons (Fsp3) is 0.632. The predicted molar refractivity (Wildman–Crippen MR) is 93.0 cm³/mol. The number of rotatable bonds is 5. The summed E-state index contributed by atoms with van der Waals surface area (Å²) in [7, 11) is 0. The van der Waals surface area contributed by atoms with Crippen LogP contribution in [-0.2, 0) is 6.54 Å². The molecule has 0 heterocycles. The Morgan fingerprint density at radius 2 is 1.79 bits per heavy atom. The number of nitrogens with one attached hydrogen (secondary N) is 2. The number of aliphatic hydroxyl groups excluding tert-OH is 1. The van der Waals surface area contributed by atoms with E-state index in [4.69, 9.17) is 4.74 Å². The van der Waals surface area contributed by atoms with Crippen molar-refractivity contribution in [2.45, 2.75) is 76.2 Å². The summed E-state index contributed by atoms with van der Waals surface area (Å²) in [5.41, 5.74) is 1.01. The van der Waals surface area contributed by atoms with Crippen LogP contribution in [0.4, 0.5) is 4.79 Å². The number of ether oxygens (including phenoxy) is 1. The van der Waals surface area contributed by atoms with Crippen LogP contribution < -0.4 is 15.4 Å². The van der Waals surface area contributed by atoms with E-state index in [9.17, 15) is 9.90 Å². The molecule has 2 amide bonds. The number of hydrogen-bond acceptors (Lipinski definition) is 3. The fourth-order valence-corrected chi connectivity index (χ4v) is 3.58. The highest BCUT2D eigenvalue weighted by Crippen LogP contribution is 2.26. The molecule has 0 aliphatic heterocycles. The van der Waals surface area contributed by atoms with Crippen LogP contribution in [0.25, 0.3) is 0 Å². The van der Waals surface area contributed by atoms with Crippen LogP contribution in [0.5, 0.6) is 5.75 Å². The number of para-hydroxylation sites is 1. The second-order valence-electron chi connectivity index (χ2n) is 6.96. The average molecular weight is 332 g/mol. The van der Waals surface area contributed by atoms with Gasteiger partial charge in [0.2, 0.25) is 0 Å². The third-order valence-electron chi connectivity index (χ3n) is 5.04. The maximum Gasteiger partial charge on any atom is 0.315 e. The van der Waals surface area contributed by atoms with Gasteiger partial charge < -0.3 is 20.5 Å². The molecular formula is C19H28N2O3. The van der Waals surface area contributed by atoms with Crippen LogP contribution in [0.1, 0.15) is 56.9 Å². The van der Waals surface area contributed by atoms with E-state index >= 15 is 0 Å². The molecule has 0 atom stereocenters. The highest BCUT2D eigenvalue weighted by molar-refractivity contribution is 5.74. The van der Waals surface area contributed by atoms with E-state index in [0.29, 0.717) is 12.6 Å². The Morgan fingerprint density at radius 1 is 1.08 bits per heavy atom. The lowest BCUT2D eigenvalue weighted by Gasteiger charge is -2.26. The summed E-state index contributed by atoms with van der Waals surface area (Å²) < 4.78 is 6.10. The monoisotopic (exact) mass is 332 g/mol. The number of benzene rings is 1. The van der Waals surface area contributed by atoms with Crippen molar-refractivity contribution in [2.75, 3.05) is 0 Å². The number of carbonyl (C=O) groups excluding carboxylic acids is 1. The first kappa shape index (κ1) is 17.1. The molecule has 24 heavy (non-hydrogen) atoms. The van der Waals surface area contributed by atoms with Crippen LogP contribution in [0.15, 0.2) is 24.3 Å². The Kier molecular flexibility index (Phi) is 5.96. The average Bonchev–Trinajstić information content (AvgIpc) is 3.09. The number of hydrogen-bond donors (Lipinski definition) is 3. The maximum atomic E-state index is 12.1. The van der Waals surface area contributed by atoms with E-state index in [-0.39, 0.29) is 18.2 Å². The van der Waals surface area contributed by atoms with Gasteiger partial charge in [-0.25, -0.2) is 4.79 Å². The van der Waals surface area contributed by atoms with Gasteiger partial charge in [-0.2, -0.15) is 0 Å². The van der Waals surface area contributed by atoms with Crippen molar-refractivity contribution in [3.8, 4) is 5.75 Å². The van der Waals surface area contributed by atoms with Gasteiger partial charge in [-0.3, -0.25) is 0 Å². The van der Waals surface area contributed by atoms with Crippen molar-refractivity contribution in [3.63, 3.8) is 0 Å². The summed E-state index contributed by atoms with van der Waals surface area (Å²) in [5, 5.41) is 15.4. The number of carbonyl (C=O) groups is 1. The normalized spacial score (nSPS) is 24.5. The first-order chi connectivity index (χ1) is 11.7. The van der Waals surface area contributed by atoms with E-state index in [2.05, 4.69) is 10.6 Å². The van der Waals surface area contributed by atoms with E-state index in [1.807, 2.05) is 24.3 Å². The lowest BCUT2D eigenvalue weighted by molar-refractivity contribution is 0.117. The Balaban J connectivity index is 1.48. The third-order valence-corrected chi connectivity index (χ3v) is 5.04. The van der Waals surface area contributed by atoms with E-state index in [1.165, 1.54) is 12.8 Å². The second-order valence-corrected chi connectivity index (χ2v) is 6.96. The van der Waals surface area contributed by atoms with Gasteiger partial charge in [-0.05, 0) is 57.4 Å². The fourth-order valence-electron chi connectivity index (χ4n) is 3.58. The lowest BCUT2D eigenvalue weighted by atomic mass is 9.93. The molecule has 2 aliphatic carbocycles. The molecule has 0 aromatic heterocycles. The summed E-state index contributed by atoms with van der Waals surface area (Å²) >= 11 is 0. The summed E-state index contributed by atoms with van der Waals surface area (Å²) in [4.78, 5) is 12.1. The SMILES string of the molecule is O=C(NCc1ccccc1OC1CCCC1)NC1CCC(O)CC1. The minimum Gasteiger partial charge on any atom is -0.490 e. The summed E-state index contributed by atoms with van der Waals surface area (Å²) in [6.07, 6.45) is 8.05. The molecule has 0 bridgehead atoms. The molecule has 5 nitrogen and oxygen atoms in total. The maximum absolute atomic E-state index is 12.1. The minimum atomic E-state index is -0.203. The molecule has 5 heteroatoms. The van der Waals surface area contributed by atoms with Gasteiger partial charge in [0, 0.05) is 18.2 Å². The topological polar surface area (TPSA) is 70.6 Å². The molecule has 3 rings (SSSR count). The van der Waals surface area contributed by atoms with Crippen molar-refractivity contribution in [3.05, 3.63) is 29.8 Å². The quantitative estimate of drug-likeness (QED) is 0.776. The lowest BCUT2D eigenvalue weighted by Crippen LogP contribution is -2.43. The summed E-state index contributed by atoms with van der Waals surface area (Å²) in [5.74, 6) is 0.880. The van der Waals surface area contributed by atoms with Gasteiger partial charge in [0.1, 0.15) is 5.75 Å². The van der Waals surface area contributed by atoms with Crippen LogP contribution >= 0.6 is 0 Å². The Hall–Kier alpha value is -1.75. The highest BCUT2D eigenvalue weighted by Gasteiger charge is 2.21. The first-order valence-electron chi connectivity index (χ1n) is 9.17. The zero-order valence-electron chi connectivity index (χ0n) is 14.2. The van der Waals surface area contributed by atoms with Gasteiger partial charge in [0.15, 0.2) is 0 Å². The largest absolute Gasteiger partial charge is 0.490 e. The van der Waals surface area contributed by atoms with Gasteiger partial charge in [0.25, 0.3) is 0 Å². The number of urea groups is 1. The van der Waals surface area contributed by atoms with Gasteiger partial charge in [0.05, 0.1) is 12.2 Å². The molecule has 0 spiro atoms. The smallest absolute Gasteiger partial charge is 0.315 e. The molecule has 2 aliphatic rings. The van der Waals surface area contributed by atoms with Crippen LogP contribution in [0.3, 0.4) is 0 Å². The van der Waals surface area contributed by atoms with Gasteiger partial charge in [-0.1, -0.05) is 18.2 Å². The zero-order chi connectivity index (χ0) is 16.8. The van der Waals surface area contributed by atoms with Crippen molar-refractivity contribution in [2.24, 2.45) is 0 Å². The molecule has 1 aromatic rings. The Labute approximate surface area is 143 Å². The molecule has 132 valence electrons. The molecule has 3 N–H and O–H groups in total. The Bertz CT molecular complexity index is 535. The van der Waals surface area contributed by atoms with Gasteiger partial charge >= 0.3 is 6.03 Å². The first-order valence-corrected chi connectivity index (χ1v) is 9.17. The van der Waals surface area contributed by atoms with Crippen molar-refractivity contribution in [1.82, 2.24) is 10.6 Å². The van der Waals surface area contributed by atoms with E-state index in [1.54, 1.807) is 0 Å².